The number of aliphatic hydroxyl groups excluding tert-OH is 1. The maximum atomic E-state index is 8.83. The summed E-state index contributed by atoms with van der Waals surface area (Å²) in [4.78, 5) is 6.24. The molecule has 0 fully saturated rings. The Morgan fingerprint density at radius 3 is 3.00 bits per heavy atom. The molecular weight excluding hydrogens is 178 g/mol. The summed E-state index contributed by atoms with van der Waals surface area (Å²) in [7, 11) is 3.83. The molecule has 78 valence electrons. The predicted octanol–water partition coefficient (Wildman–Crippen LogP) is 0.230. The van der Waals surface area contributed by atoms with Crippen LogP contribution in [0.2, 0.25) is 0 Å². The van der Waals surface area contributed by atoms with E-state index in [1.807, 2.05) is 31.1 Å². The lowest BCUT2D eigenvalue weighted by Gasteiger charge is -2.19. The Balaban J connectivity index is 2.82. The van der Waals surface area contributed by atoms with Crippen LogP contribution in [0.4, 0.5) is 5.82 Å². The molecule has 0 aromatic carbocycles. The van der Waals surface area contributed by atoms with E-state index >= 15 is 0 Å². The SMILES string of the molecule is CNCc1cccnc1N(C)CCO. The average molecular weight is 195 g/mol. The molecule has 0 aliphatic carbocycles. The summed E-state index contributed by atoms with van der Waals surface area (Å²) < 4.78 is 0. The van der Waals surface area contributed by atoms with Gasteiger partial charge in [0.25, 0.3) is 0 Å². The summed E-state index contributed by atoms with van der Waals surface area (Å²) in [5.74, 6) is 0.927. The molecule has 0 aliphatic heterocycles. The lowest BCUT2D eigenvalue weighted by Crippen LogP contribution is -2.24. The number of aliphatic hydroxyl groups is 1. The summed E-state index contributed by atoms with van der Waals surface area (Å²) in [6, 6.07) is 3.95. The fraction of sp³-hybridized carbons (Fsp3) is 0.500. The first kappa shape index (κ1) is 10.9. The number of rotatable bonds is 5. The molecule has 0 saturated carbocycles. The summed E-state index contributed by atoms with van der Waals surface area (Å²) in [5.41, 5.74) is 1.14. The summed E-state index contributed by atoms with van der Waals surface area (Å²) in [6.45, 7) is 1.54. The fourth-order valence-electron chi connectivity index (χ4n) is 1.36. The molecule has 1 aromatic heterocycles. The second-order valence-electron chi connectivity index (χ2n) is 3.16. The van der Waals surface area contributed by atoms with Crippen molar-refractivity contribution < 1.29 is 5.11 Å². The monoisotopic (exact) mass is 195 g/mol. The normalized spacial score (nSPS) is 10.2. The number of anilines is 1. The molecule has 0 unspecified atom stereocenters. The van der Waals surface area contributed by atoms with Crippen molar-refractivity contribution in [1.82, 2.24) is 10.3 Å². The maximum absolute atomic E-state index is 8.83. The molecular formula is C10H17N3O. The van der Waals surface area contributed by atoms with Crippen molar-refractivity contribution in [3.8, 4) is 0 Å². The van der Waals surface area contributed by atoms with Crippen LogP contribution in [0.5, 0.6) is 0 Å². The van der Waals surface area contributed by atoms with Gasteiger partial charge in [0.15, 0.2) is 0 Å². The van der Waals surface area contributed by atoms with E-state index in [0.29, 0.717) is 6.54 Å². The zero-order chi connectivity index (χ0) is 10.4. The number of hydrogen-bond donors (Lipinski definition) is 2. The van der Waals surface area contributed by atoms with Gasteiger partial charge in [-0.05, 0) is 13.1 Å². The van der Waals surface area contributed by atoms with Crippen LogP contribution in [0, 0.1) is 0 Å². The van der Waals surface area contributed by atoms with E-state index in [-0.39, 0.29) is 6.61 Å². The topological polar surface area (TPSA) is 48.4 Å². The van der Waals surface area contributed by atoms with Crippen molar-refractivity contribution in [1.29, 1.82) is 0 Å². The average Bonchev–Trinajstić information content (AvgIpc) is 2.19. The van der Waals surface area contributed by atoms with Crippen molar-refractivity contribution in [2.75, 3.05) is 32.1 Å². The first-order valence-electron chi connectivity index (χ1n) is 4.70. The second-order valence-corrected chi connectivity index (χ2v) is 3.16. The third-order valence-corrected chi connectivity index (χ3v) is 2.03. The maximum Gasteiger partial charge on any atom is 0.132 e. The standard InChI is InChI=1S/C10H17N3O/c1-11-8-9-4-3-5-12-10(9)13(2)6-7-14/h3-5,11,14H,6-8H2,1-2H3. The number of pyridine rings is 1. The third-order valence-electron chi connectivity index (χ3n) is 2.03. The number of likely N-dealkylation sites (N-methyl/N-ethyl adjacent to an activating group) is 1. The van der Waals surface area contributed by atoms with E-state index in [1.54, 1.807) is 6.20 Å². The minimum atomic E-state index is 0.145. The Morgan fingerprint density at radius 1 is 1.57 bits per heavy atom. The molecule has 0 bridgehead atoms. The molecule has 4 nitrogen and oxygen atoms in total. The molecule has 2 N–H and O–H groups in total. The van der Waals surface area contributed by atoms with Crippen molar-refractivity contribution in [3.05, 3.63) is 23.9 Å². The Bertz CT molecular complexity index is 278. The predicted molar refractivity (Wildman–Crippen MR) is 57.4 cm³/mol. The van der Waals surface area contributed by atoms with Crippen molar-refractivity contribution >= 4 is 5.82 Å². The van der Waals surface area contributed by atoms with Crippen LogP contribution in [-0.4, -0.2) is 37.3 Å². The Kier molecular flexibility index (Phi) is 4.35. The number of nitrogens with zero attached hydrogens (tertiary/aromatic N) is 2. The highest BCUT2D eigenvalue weighted by atomic mass is 16.3. The van der Waals surface area contributed by atoms with E-state index < -0.39 is 0 Å². The highest BCUT2D eigenvalue weighted by Crippen LogP contribution is 2.14. The van der Waals surface area contributed by atoms with Crippen LogP contribution >= 0.6 is 0 Å². The van der Waals surface area contributed by atoms with Crippen LogP contribution < -0.4 is 10.2 Å². The molecule has 0 aliphatic rings. The minimum absolute atomic E-state index is 0.145. The highest BCUT2D eigenvalue weighted by molar-refractivity contribution is 5.45. The van der Waals surface area contributed by atoms with E-state index in [4.69, 9.17) is 5.11 Å². The number of hydrogen-bond acceptors (Lipinski definition) is 4. The van der Waals surface area contributed by atoms with Gasteiger partial charge in [0.05, 0.1) is 6.61 Å². The minimum Gasteiger partial charge on any atom is -0.395 e. The van der Waals surface area contributed by atoms with Gasteiger partial charge in [-0.15, -0.1) is 0 Å². The summed E-state index contributed by atoms with van der Waals surface area (Å²) in [6.07, 6.45) is 1.77. The number of nitrogens with one attached hydrogen (secondary N) is 1. The van der Waals surface area contributed by atoms with Gasteiger partial charge in [0, 0.05) is 31.9 Å². The molecule has 0 amide bonds. The van der Waals surface area contributed by atoms with Gasteiger partial charge in [-0.3, -0.25) is 0 Å². The van der Waals surface area contributed by atoms with Crippen molar-refractivity contribution in [2.24, 2.45) is 0 Å². The number of aromatic nitrogens is 1. The van der Waals surface area contributed by atoms with Gasteiger partial charge in [-0.1, -0.05) is 6.07 Å². The van der Waals surface area contributed by atoms with Crippen LogP contribution in [0.3, 0.4) is 0 Å². The summed E-state index contributed by atoms with van der Waals surface area (Å²) in [5, 5.41) is 11.9. The van der Waals surface area contributed by atoms with Crippen molar-refractivity contribution in [3.63, 3.8) is 0 Å². The Morgan fingerprint density at radius 2 is 2.36 bits per heavy atom. The fourth-order valence-corrected chi connectivity index (χ4v) is 1.36. The smallest absolute Gasteiger partial charge is 0.132 e. The van der Waals surface area contributed by atoms with Gasteiger partial charge >= 0.3 is 0 Å². The van der Waals surface area contributed by atoms with Crippen LogP contribution in [0.25, 0.3) is 0 Å². The van der Waals surface area contributed by atoms with Gasteiger partial charge in [-0.25, -0.2) is 4.98 Å². The molecule has 1 heterocycles. The Labute approximate surface area is 84.6 Å². The van der Waals surface area contributed by atoms with Gasteiger partial charge in [0.2, 0.25) is 0 Å². The van der Waals surface area contributed by atoms with Crippen LogP contribution in [0.15, 0.2) is 18.3 Å². The summed E-state index contributed by atoms with van der Waals surface area (Å²) >= 11 is 0. The van der Waals surface area contributed by atoms with E-state index in [2.05, 4.69) is 10.3 Å². The molecule has 0 radical (unpaired) electrons. The molecule has 14 heavy (non-hydrogen) atoms. The van der Waals surface area contributed by atoms with Gasteiger partial charge < -0.3 is 15.3 Å². The largest absolute Gasteiger partial charge is 0.395 e. The van der Waals surface area contributed by atoms with Crippen LogP contribution in [-0.2, 0) is 6.54 Å². The lowest BCUT2D eigenvalue weighted by molar-refractivity contribution is 0.303. The zero-order valence-electron chi connectivity index (χ0n) is 8.70. The molecule has 0 atom stereocenters. The second kappa shape index (κ2) is 5.57. The first-order valence-corrected chi connectivity index (χ1v) is 4.70. The van der Waals surface area contributed by atoms with Gasteiger partial charge in [-0.2, -0.15) is 0 Å². The highest BCUT2D eigenvalue weighted by Gasteiger charge is 2.06. The zero-order valence-corrected chi connectivity index (χ0v) is 8.70. The van der Waals surface area contributed by atoms with Crippen molar-refractivity contribution in [2.45, 2.75) is 6.54 Å². The molecule has 1 aromatic rings. The quantitative estimate of drug-likeness (QED) is 0.706. The van der Waals surface area contributed by atoms with E-state index in [0.717, 1.165) is 17.9 Å². The van der Waals surface area contributed by atoms with Gasteiger partial charge in [0.1, 0.15) is 5.82 Å². The molecule has 1 rings (SSSR count). The van der Waals surface area contributed by atoms with Crippen LogP contribution in [0.1, 0.15) is 5.56 Å². The van der Waals surface area contributed by atoms with E-state index in [1.165, 1.54) is 0 Å². The molecule has 4 heteroatoms. The first-order chi connectivity index (χ1) is 6.79. The Hall–Kier alpha value is -1.13. The molecule has 0 saturated heterocycles. The lowest BCUT2D eigenvalue weighted by atomic mass is 10.2. The van der Waals surface area contributed by atoms with E-state index in [9.17, 15) is 0 Å². The third kappa shape index (κ3) is 2.68. The molecule has 0 spiro atoms.